The third kappa shape index (κ3) is 4.26. The average Bonchev–Trinajstić information content (AvgIpc) is 2.82. The van der Waals surface area contributed by atoms with Crippen LogP contribution in [-0.2, 0) is 9.53 Å². The third-order valence-corrected chi connectivity index (χ3v) is 5.32. The SMILES string of the molecule is O=C(OCC(=O)N1c2ccccc2OCC1c1ccccc1)c1cc([N+](=O)[O-])ccc1Cl. The van der Waals surface area contributed by atoms with Crippen LogP contribution in [0.5, 0.6) is 5.75 Å². The molecule has 1 atom stereocenters. The van der Waals surface area contributed by atoms with Gasteiger partial charge in [0.15, 0.2) is 6.61 Å². The van der Waals surface area contributed by atoms with Crippen LogP contribution in [-0.4, -0.2) is 30.0 Å². The molecule has 1 aliphatic rings. The number of nitrogens with zero attached hydrogens (tertiary/aromatic N) is 2. The summed E-state index contributed by atoms with van der Waals surface area (Å²) in [5, 5.41) is 11.0. The van der Waals surface area contributed by atoms with Crippen LogP contribution in [0.25, 0.3) is 0 Å². The van der Waals surface area contributed by atoms with Crippen LogP contribution in [0.3, 0.4) is 0 Å². The minimum atomic E-state index is -0.926. The summed E-state index contributed by atoms with van der Waals surface area (Å²) in [5.41, 5.74) is 0.931. The second kappa shape index (κ2) is 9.07. The lowest BCUT2D eigenvalue weighted by Crippen LogP contribution is -2.43. The maximum Gasteiger partial charge on any atom is 0.340 e. The van der Waals surface area contributed by atoms with Gasteiger partial charge in [0.05, 0.1) is 27.2 Å². The number of para-hydroxylation sites is 2. The van der Waals surface area contributed by atoms with Crippen molar-refractivity contribution in [2.24, 2.45) is 0 Å². The Morgan fingerprint density at radius 2 is 1.81 bits per heavy atom. The van der Waals surface area contributed by atoms with Gasteiger partial charge in [0.2, 0.25) is 0 Å². The first kappa shape index (κ1) is 21.3. The number of nitro groups is 1. The van der Waals surface area contributed by atoms with E-state index in [-0.39, 0.29) is 22.9 Å². The number of carbonyl (C=O) groups excluding carboxylic acids is 2. The van der Waals surface area contributed by atoms with Crippen LogP contribution < -0.4 is 9.64 Å². The monoisotopic (exact) mass is 452 g/mol. The van der Waals surface area contributed by atoms with Crippen molar-refractivity contribution in [1.82, 2.24) is 0 Å². The normalized spacial score (nSPS) is 14.8. The Kier molecular flexibility index (Phi) is 6.04. The van der Waals surface area contributed by atoms with Crippen molar-refractivity contribution in [1.29, 1.82) is 0 Å². The van der Waals surface area contributed by atoms with E-state index in [0.717, 1.165) is 11.6 Å². The molecule has 1 unspecified atom stereocenters. The number of esters is 1. The molecule has 0 bridgehead atoms. The van der Waals surface area contributed by atoms with Crippen molar-refractivity contribution in [2.45, 2.75) is 6.04 Å². The van der Waals surface area contributed by atoms with Crippen molar-refractivity contribution < 1.29 is 24.0 Å². The zero-order valence-corrected chi connectivity index (χ0v) is 17.4. The largest absolute Gasteiger partial charge is 0.489 e. The highest BCUT2D eigenvalue weighted by atomic mass is 35.5. The zero-order valence-electron chi connectivity index (χ0n) is 16.6. The molecule has 0 saturated heterocycles. The molecule has 8 nitrogen and oxygen atoms in total. The van der Waals surface area contributed by atoms with E-state index in [0.29, 0.717) is 11.4 Å². The van der Waals surface area contributed by atoms with E-state index in [9.17, 15) is 19.7 Å². The smallest absolute Gasteiger partial charge is 0.340 e. The Morgan fingerprint density at radius 3 is 2.56 bits per heavy atom. The van der Waals surface area contributed by atoms with Crippen LogP contribution in [0.4, 0.5) is 11.4 Å². The number of nitro benzene ring substituents is 1. The summed E-state index contributed by atoms with van der Waals surface area (Å²) in [6.45, 7) is -0.340. The first-order valence-corrected chi connectivity index (χ1v) is 10.0. The number of anilines is 1. The van der Waals surface area contributed by atoms with Crippen molar-refractivity contribution >= 4 is 34.9 Å². The number of amides is 1. The lowest BCUT2D eigenvalue weighted by Gasteiger charge is -2.37. The van der Waals surface area contributed by atoms with Crippen molar-refractivity contribution in [3.8, 4) is 5.75 Å². The number of fused-ring (bicyclic) bond motifs is 1. The molecule has 32 heavy (non-hydrogen) atoms. The first-order chi connectivity index (χ1) is 15.5. The Bertz CT molecular complexity index is 1180. The van der Waals surface area contributed by atoms with Gasteiger partial charge in [-0.1, -0.05) is 54.1 Å². The molecule has 1 heterocycles. The van der Waals surface area contributed by atoms with Crippen LogP contribution in [0, 0.1) is 10.1 Å². The van der Waals surface area contributed by atoms with Gasteiger partial charge in [0.25, 0.3) is 11.6 Å². The van der Waals surface area contributed by atoms with Gasteiger partial charge < -0.3 is 9.47 Å². The number of hydrogen-bond donors (Lipinski definition) is 0. The molecule has 9 heteroatoms. The van der Waals surface area contributed by atoms with E-state index in [2.05, 4.69) is 0 Å². The fourth-order valence-corrected chi connectivity index (χ4v) is 3.67. The number of carbonyl (C=O) groups is 2. The molecule has 0 fully saturated rings. The Labute approximate surface area is 188 Å². The minimum absolute atomic E-state index is 0.00747. The summed E-state index contributed by atoms with van der Waals surface area (Å²) in [6.07, 6.45) is 0. The molecule has 0 spiro atoms. The van der Waals surface area contributed by atoms with Gasteiger partial charge in [0, 0.05) is 12.1 Å². The summed E-state index contributed by atoms with van der Waals surface area (Å²) in [7, 11) is 0. The summed E-state index contributed by atoms with van der Waals surface area (Å²) >= 11 is 5.99. The first-order valence-electron chi connectivity index (χ1n) is 9.65. The second-order valence-corrected chi connectivity index (χ2v) is 7.37. The Morgan fingerprint density at radius 1 is 1.09 bits per heavy atom. The molecule has 3 aromatic rings. The number of halogens is 1. The molecule has 0 aliphatic carbocycles. The van der Waals surface area contributed by atoms with E-state index in [1.165, 1.54) is 17.0 Å². The van der Waals surface area contributed by atoms with Gasteiger partial charge in [-0.3, -0.25) is 19.8 Å². The lowest BCUT2D eigenvalue weighted by molar-refractivity contribution is -0.384. The number of hydrogen-bond acceptors (Lipinski definition) is 6. The van der Waals surface area contributed by atoms with Gasteiger partial charge in [-0.25, -0.2) is 4.79 Å². The van der Waals surface area contributed by atoms with E-state index in [1.807, 2.05) is 30.3 Å². The molecular weight excluding hydrogens is 436 g/mol. The Hall–Kier alpha value is -3.91. The number of ether oxygens (including phenoxy) is 2. The molecule has 3 aromatic carbocycles. The highest BCUT2D eigenvalue weighted by Gasteiger charge is 2.34. The van der Waals surface area contributed by atoms with Crippen molar-refractivity contribution in [2.75, 3.05) is 18.1 Å². The summed E-state index contributed by atoms with van der Waals surface area (Å²) in [6, 6.07) is 19.5. The van der Waals surface area contributed by atoms with Gasteiger partial charge in [-0.2, -0.15) is 0 Å². The van der Waals surface area contributed by atoms with E-state index in [1.54, 1.807) is 24.3 Å². The van der Waals surface area contributed by atoms with Gasteiger partial charge in [-0.05, 0) is 23.8 Å². The lowest BCUT2D eigenvalue weighted by atomic mass is 10.0. The fourth-order valence-electron chi connectivity index (χ4n) is 3.48. The molecule has 0 aromatic heterocycles. The molecule has 0 N–H and O–H groups in total. The summed E-state index contributed by atoms with van der Waals surface area (Å²) in [5.74, 6) is -0.851. The van der Waals surface area contributed by atoms with E-state index < -0.39 is 29.4 Å². The van der Waals surface area contributed by atoms with Crippen molar-refractivity contribution in [3.05, 3.63) is 99.1 Å². The molecule has 1 aliphatic heterocycles. The third-order valence-electron chi connectivity index (χ3n) is 4.99. The summed E-state index contributed by atoms with van der Waals surface area (Å²) < 4.78 is 11.0. The Balaban J connectivity index is 1.57. The number of benzene rings is 3. The minimum Gasteiger partial charge on any atom is -0.489 e. The average molecular weight is 453 g/mol. The second-order valence-electron chi connectivity index (χ2n) is 6.97. The number of non-ortho nitro benzene ring substituents is 1. The maximum atomic E-state index is 13.2. The summed E-state index contributed by atoms with van der Waals surface area (Å²) in [4.78, 5) is 37.6. The maximum absolute atomic E-state index is 13.2. The zero-order chi connectivity index (χ0) is 22.7. The van der Waals surface area contributed by atoms with Crippen LogP contribution in [0.1, 0.15) is 22.0 Å². The van der Waals surface area contributed by atoms with Crippen LogP contribution in [0.2, 0.25) is 5.02 Å². The van der Waals surface area contributed by atoms with Crippen LogP contribution >= 0.6 is 11.6 Å². The standard InChI is InChI=1S/C23H17ClN2O6/c24-18-11-10-16(26(29)30)12-17(18)23(28)32-14-22(27)25-19-8-4-5-9-21(19)31-13-20(25)15-6-2-1-3-7-15/h1-12,20H,13-14H2. The highest BCUT2D eigenvalue weighted by Crippen LogP contribution is 2.39. The van der Waals surface area contributed by atoms with E-state index >= 15 is 0 Å². The van der Waals surface area contributed by atoms with Gasteiger partial charge >= 0.3 is 5.97 Å². The molecule has 1 amide bonds. The quantitative estimate of drug-likeness (QED) is 0.319. The van der Waals surface area contributed by atoms with Gasteiger partial charge in [0.1, 0.15) is 12.4 Å². The number of rotatable bonds is 5. The van der Waals surface area contributed by atoms with Gasteiger partial charge in [-0.15, -0.1) is 0 Å². The molecular formula is C23H17ClN2O6. The van der Waals surface area contributed by atoms with Crippen LogP contribution in [0.15, 0.2) is 72.8 Å². The predicted octanol–water partition coefficient (Wildman–Crippen LogP) is 4.57. The topological polar surface area (TPSA) is 99.0 Å². The molecule has 162 valence electrons. The van der Waals surface area contributed by atoms with Crippen molar-refractivity contribution in [3.63, 3.8) is 0 Å². The van der Waals surface area contributed by atoms with E-state index in [4.69, 9.17) is 21.1 Å². The predicted molar refractivity (Wildman–Crippen MR) is 117 cm³/mol. The molecule has 4 rings (SSSR count). The molecule has 0 saturated carbocycles. The highest BCUT2D eigenvalue weighted by molar-refractivity contribution is 6.33. The fraction of sp³-hybridized carbons (Fsp3) is 0.130. The molecule has 0 radical (unpaired) electrons.